The lowest BCUT2D eigenvalue weighted by atomic mass is 10.1. The number of hydrogen-bond donors (Lipinski definition) is 4. The van der Waals surface area contributed by atoms with Crippen molar-refractivity contribution in [3.05, 3.63) is 109 Å². The molecule has 236 valence electrons. The van der Waals surface area contributed by atoms with Gasteiger partial charge in [0.15, 0.2) is 0 Å². The summed E-state index contributed by atoms with van der Waals surface area (Å²) < 4.78 is 74.8. The first kappa shape index (κ1) is 31.3. The number of phenolic OH excluding ortho intramolecular Hbond substituents is 2. The van der Waals surface area contributed by atoms with Crippen LogP contribution >= 0.6 is 0 Å². The van der Waals surface area contributed by atoms with Crippen molar-refractivity contribution >= 4 is 64.5 Å². The Hall–Kier alpha value is -5.74. The van der Waals surface area contributed by atoms with E-state index in [0.717, 1.165) is 35.0 Å². The minimum absolute atomic E-state index is 0.0558. The van der Waals surface area contributed by atoms with Crippen LogP contribution in [-0.2, 0) is 20.2 Å². The van der Waals surface area contributed by atoms with Gasteiger partial charge in [-0.05, 0) is 59.3 Å². The predicted molar refractivity (Wildman–Crippen MR) is 172 cm³/mol. The van der Waals surface area contributed by atoms with Crippen molar-refractivity contribution in [3.63, 3.8) is 0 Å². The Bertz CT molecular complexity index is 2310. The van der Waals surface area contributed by atoms with Crippen molar-refractivity contribution < 1.29 is 40.9 Å². The molecule has 0 aliphatic carbocycles. The molecule has 0 amide bonds. The second-order valence-corrected chi connectivity index (χ2v) is 12.8. The van der Waals surface area contributed by atoms with Gasteiger partial charge < -0.3 is 14.9 Å². The molecule has 0 radical (unpaired) electrons. The second-order valence-electron chi connectivity index (χ2n) is 10.0. The largest absolute Gasteiger partial charge is 0.506 e. The minimum atomic E-state index is -4.96. The lowest BCUT2D eigenvalue weighted by Crippen LogP contribution is -2.04. The summed E-state index contributed by atoms with van der Waals surface area (Å²) in [7, 11) is -9.93. The van der Waals surface area contributed by atoms with Crippen LogP contribution in [0.15, 0.2) is 139 Å². The number of hydrogen-bond acceptors (Lipinski definition) is 11. The molecule has 0 aliphatic heterocycles. The topological polar surface area (TPSA) is 208 Å². The zero-order valence-electron chi connectivity index (χ0n) is 23.8. The number of rotatable bonds is 8. The molecule has 47 heavy (non-hydrogen) atoms. The molecule has 6 rings (SSSR count). The lowest BCUT2D eigenvalue weighted by molar-refractivity contribution is 0.434. The molecule has 0 fully saturated rings. The van der Waals surface area contributed by atoms with Crippen molar-refractivity contribution in [1.29, 1.82) is 0 Å². The van der Waals surface area contributed by atoms with E-state index in [4.69, 9.17) is 4.74 Å². The molecule has 0 aliphatic rings. The van der Waals surface area contributed by atoms with Gasteiger partial charge in [0.25, 0.3) is 20.2 Å². The van der Waals surface area contributed by atoms with Crippen molar-refractivity contribution in [2.75, 3.05) is 0 Å². The van der Waals surface area contributed by atoms with Gasteiger partial charge in [0, 0.05) is 10.8 Å². The van der Waals surface area contributed by atoms with Gasteiger partial charge in [0.2, 0.25) is 0 Å². The first-order valence-corrected chi connectivity index (χ1v) is 16.4. The fourth-order valence-electron chi connectivity index (χ4n) is 4.72. The van der Waals surface area contributed by atoms with E-state index in [1.807, 2.05) is 12.1 Å². The van der Waals surface area contributed by atoms with Crippen molar-refractivity contribution in [2.24, 2.45) is 20.5 Å². The molecule has 0 aromatic heterocycles. The minimum Gasteiger partial charge on any atom is -0.506 e. The molecule has 0 spiro atoms. The molecule has 0 heterocycles. The Labute approximate surface area is 267 Å². The van der Waals surface area contributed by atoms with Crippen LogP contribution in [-0.4, -0.2) is 36.2 Å². The van der Waals surface area contributed by atoms with Crippen LogP contribution in [0.1, 0.15) is 0 Å². The van der Waals surface area contributed by atoms with Gasteiger partial charge in [-0.25, -0.2) is 0 Å². The number of nitrogens with zero attached hydrogens (tertiary/aromatic N) is 4. The molecule has 0 bridgehead atoms. The number of aromatic hydroxyl groups is 2. The van der Waals surface area contributed by atoms with Crippen LogP contribution in [0, 0.1) is 0 Å². The molecule has 6 aromatic carbocycles. The van der Waals surface area contributed by atoms with Crippen molar-refractivity contribution in [3.8, 4) is 23.0 Å². The molecule has 0 saturated carbocycles. The smallest absolute Gasteiger partial charge is 0.298 e. The summed E-state index contributed by atoms with van der Waals surface area (Å²) in [6.07, 6.45) is 0. The van der Waals surface area contributed by atoms with E-state index in [-0.39, 0.29) is 34.2 Å². The highest BCUT2D eigenvalue weighted by Gasteiger charge is 2.23. The quantitative estimate of drug-likeness (QED) is 0.0902. The number of phenols is 2. The summed E-state index contributed by atoms with van der Waals surface area (Å²) in [4.78, 5) is -1.57. The third-order valence-corrected chi connectivity index (χ3v) is 8.67. The lowest BCUT2D eigenvalue weighted by Gasteiger charge is -2.13. The molecule has 0 unspecified atom stereocenters. The maximum absolute atomic E-state index is 12.3. The molecular formula is C32H22N4O9S2. The maximum atomic E-state index is 12.3. The number of benzene rings is 6. The van der Waals surface area contributed by atoms with Gasteiger partial charge in [0.05, 0.1) is 11.4 Å². The normalized spacial score (nSPS) is 12.4. The molecule has 15 heteroatoms. The van der Waals surface area contributed by atoms with Gasteiger partial charge in [-0.2, -0.15) is 27.1 Å². The van der Waals surface area contributed by atoms with E-state index < -0.39 is 41.5 Å². The van der Waals surface area contributed by atoms with Crippen LogP contribution in [0.3, 0.4) is 0 Å². The summed E-state index contributed by atoms with van der Waals surface area (Å²) in [5.41, 5.74) is 0.143. The SMILES string of the molecule is O=S(=O)(O)c1cc(N=Nc2c(O)ccc3ccccc23)ccc1Oc1ccc(N=Nc2c(O)ccc3ccccc23)cc1S(=O)(=O)O. The highest BCUT2D eigenvalue weighted by Crippen LogP contribution is 2.40. The summed E-state index contributed by atoms with van der Waals surface area (Å²) in [6.45, 7) is 0. The van der Waals surface area contributed by atoms with Crippen LogP contribution in [0.5, 0.6) is 23.0 Å². The summed E-state index contributed by atoms with van der Waals surface area (Å²) in [6, 6.07) is 27.0. The Kier molecular flexibility index (Phi) is 8.13. The molecule has 4 N–H and O–H groups in total. The fraction of sp³-hybridized carbons (Fsp3) is 0. The average Bonchev–Trinajstić information content (AvgIpc) is 3.04. The standard InChI is InChI=1S/C32H22N4O9S2/c37-25-13-9-19-5-1-3-7-23(19)31(25)35-33-21-11-15-27(29(17-21)46(39,40)41)45-28-16-12-22(18-30(28)47(42,43)44)34-36-32-24-8-4-2-6-20(24)10-14-26(32)38/h1-18,37-38H,(H,39,40,41)(H,42,43,44). The van der Waals surface area contributed by atoms with Gasteiger partial charge in [-0.1, -0.05) is 60.7 Å². The third-order valence-electron chi connectivity index (χ3n) is 6.92. The van der Waals surface area contributed by atoms with E-state index in [1.165, 1.54) is 24.3 Å². The molecule has 0 saturated heterocycles. The molecule has 0 atom stereocenters. The monoisotopic (exact) mass is 670 g/mol. The zero-order valence-corrected chi connectivity index (χ0v) is 25.5. The summed E-state index contributed by atoms with van der Waals surface area (Å²) in [5, 5.41) is 39.5. The van der Waals surface area contributed by atoms with Gasteiger partial charge >= 0.3 is 0 Å². The van der Waals surface area contributed by atoms with Crippen molar-refractivity contribution in [1.82, 2.24) is 0 Å². The highest BCUT2D eigenvalue weighted by atomic mass is 32.2. The van der Waals surface area contributed by atoms with Crippen LogP contribution in [0.25, 0.3) is 21.5 Å². The second kappa shape index (κ2) is 12.2. The van der Waals surface area contributed by atoms with E-state index >= 15 is 0 Å². The number of ether oxygens (including phenoxy) is 1. The average molecular weight is 671 g/mol. The summed E-state index contributed by atoms with van der Waals surface area (Å²) >= 11 is 0. The van der Waals surface area contributed by atoms with Crippen LogP contribution in [0.4, 0.5) is 22.7 Å². The Morgan fingerprint density at radius 1 is 0.489 bits per heavy atom. The Morgan fingerprint density at radius 2 is 0.894 bits per heavy atom. The first-order valence-electron chi connectivity index (χ1n) is 13.5. The zero-order chi connectivity index (χ0) is 33.3. The van der Waals surface area contributed by atoms with Gasteiger partial charge in [0.1, 0.15) is 44.2 Å². The predicted octanol–water partition coefficient (Wildman–Crippen LogP) is 8.52. The highest BCUT2D eigenvalue weighted by molar-refractivity contribution is 7.86. The van der Waals surface area contributed by atoms with E-state index in [1.54, 1.807) is 48.5 Å². The maximum Gasteiger partial charge on any atom is 0.298 e. The number of fused-ring (bicyclic) bond motifs is 2. The Morgan fingerprint density at radius 3 is 1.30 bits per heavy atom. The van der Waals surface area contributed by atoms with Crippen LogP contribution < -0.4 is 4.74 Å². The first-order chi connectivity index (χ1) is 22.4. The van der Waals surface area contributed by atoms with E-state index in [2.05, 4.69) is 20.5 Å². The molecule has 13 nitrogen and oxygen atoms in total. The number of azo groups is 2. The molecular weight excluding hydrogens is 649 g/mol. The summed E-state index contributed by atoms with van der Waals surface area (Å²) in [5.74, 6) is -1.34. The third kappa shape index (κ3) is 6.63. The Balaban J connectivity index is 1.35. The van der Waals surface area contributed by atoms with Crippen LogP contribution in [0.2, 0.25) is 0 Å². The molecule has 6 aromatic rings. The van der Waals surface area contributed by atoms with Crippen molar-refractivity contribution in [2.45, 2.75) is 9.79 Å². The van der Waals surface area contributed by atoms with Gasteiger partial charge in [-0.15, -0.1) is 10.2 Å². The fourth-order valence-corrected chi connectivity index (χ4v) is 5.99. The van der Waals surface area contributed by atoms with Gasteiger partial charge in [-0.3, -0.25) is 9.11 Å². The van der Waals surface area contributed by atoms with E-state index in [9.17, 15) is 36.2 Å². The van der Waals surface area contributed by atoms with E-state index in [0.29, 0.717) is 10.8 Å².